The molecule has 1 N–H and O–H groups in total. The van der Waals surface area contributed by atoms with Crippen molar-refractivity contribution in [3.8, 4) is 0 Å². The first-order valence-corrected chi connectivity index (χ1v) is 33.4. The monoisotopic (exact) mass is 1070 g/mol. The van der Waals surface area contributed by atoms with Crippen molar-refractivity contribution in [2.45, 2.75) is 315 Å². The Bertz CT molecular complexity index is 1420. The number of nitrogens with one attached hydrogen (secondary N) is 1. The van der Waals surface area contributed by atoms with Gasteiger partial charge in [0.05, 0.1) is 33.8 Å². The van der Waals surface area contributed by atoms with Gasteiger partial charge in [0.2, 0.25) is 5.91 Å². The molecule has 0 aliphatic rings. The van der Waals surface area contributed by atoms with E-state index < -0.39 is 20.0 Å². The van der Waals surface area contributed by atoms with Gasteiger partial charge in [0.1, 0.15) is 19.3 Å². The zero-order valence-electron chi connectivity index (χ0n) is 50.3. The fourth-order valence-corrected chi connectivity index (χ4v) is 9.98. The Morgan fingerprint density at radius 1 is 0.467 bits per heavy atom. The molecule has 0 aromatic carbocycles. The molecule has 0 bridgehead atoms. The van der Waals surface area contributed by atoms with Gasteiger partial charge in [-0.05, 0) is 89.5 Å². The molecule has 0 aliphatic carbocycles. The number of carbonyl (C=O) groups excluding carboxylic acids is 2. The molecule has 3 unspecified atom stereocenters. The van der Waals surface area contributed by atoms with Crippen molar-refractivity contribution in [1.82, 2.24) is 5.32 Å². The largest absolute Gasteiger partial charge is 0.756 e. The first-order chi connectivity index (χ1) is 36.4. The predicted molar refractivity (Wildman–Crippen MR) is 321 cm³/mol. The zero-order chi connectivity index (χ0) is 55.0. The van der Waals surface area contributed by atoms with Crippen LogP contribution in [0.1, 0.15) is 303 Å². The SMILES string of the molecule is CCCCC/C=C\C/C=C\CCCCCCCCCCCCCCCC(=O)OC(/C=C\CCCCCCCCCCC)C(COP(=O)([O-])OCC[N+](C)(C)C)NC(=O)CCCCCCCCC/C=C\CCCCCC. The second-order valence-electron chi connectivity index (χ2n) is 22.9. The number of esters is 1. The summed E-state index contributed by atoms with van der Waals surface area (Å²) in [6.45, 7) is 6.82. The molecule has 0 aromatic heterocycles. The van der Waals surface area contributed by atoms with Gasteiger partial charge < -0.3 is 28.5 Å². The number of hydrogen-bond donors (Lipinski definition) is 1. The third kappa shape index (κ3) is 56.5. The molecule has 3 atom stereocenters. The van der Waals surface area contributed by atoms with Gasteiger partial charge in [0.15, 0.2) is 0 Å². The third-order valence-corrected chi connectivity index (χ3v) is 15.2. The lowest BCUT2D eigenvalue weighted by Crippen LogP contribution is -2.47. The first kappa shape index (κ1) is 73.0. The zero-order valence-corrected chi connectivity index (χ0v) is 51.2. The highest BCUT2D eigenvalue weighted by atomic mass is 31.2. The summed E-state index contributed by atoms with van der Waals surface area (Å²) >= 11 is 0. The summed E-state index contributed by atoms with van der Waals surface area (Å²) in [6.07, 6.45) is 67.9. The van der Waals surface area contributed by atoms with Gasteiger partial charge >= 0.3 is 5.97 Å². The highest BCUT2D eigenvalue weighted by Crippen LogP contribution is 2.38. The molecule has 0 spiro atoms. The van der Waals surface area contributed by atoms with Crippen LogP contribution in [0.3, 0.4) is 0 Å². The molecule has 75 heavy (non-hydrogen) atoms. The van der Waals surface area contributed by atoms with Gasteiger partial charge in [-0.15, -0.1) is 0 Å². The molecule has 0 rings (SSSR count). The minimum Gasteiger partial charge on any atom is -0.756 e. The number of ether oxygens (including phenoxy) is 1. The molecule has 0 aliphatic heterocycles. The van der Waals surface area contributed by atoms with Gasteiger partial charge in [0, 0.05) is 12.8 Å². The normalized spacial score (nSPS) is 14.0. The van der Waals surface area contributed by atoms with E-state index in [1.807, 2.05) is 33.3 Å². The molecule has 0 heterocycles. The fraction of sp³-hybridized carbons (Fsp3) is 0.846. The number of carbonyl (C=O) groups is 2. The molecular formula is C65H123N2O7P. The Hall–Kier alpha value is -2.03. The van der Waals surface area contributed by atoms with Crippen LogP contribution in [0.2, 0.25) is 0 Å². The summed E-state index contributed by atoms with van der Waals surface area (Å²) in [5, 5.41) is 3.03. The van der Waals surface area contributed by atoms with E-state index in [2.05, 4.69) is 62.5 Å². The number of quaternary nitrogens is 1. The maximum atomic E-state index is 13.5. The molecule has 0 saturated carbocycles. The maximum absolute atomic E-state index is 13.5. The Balaban J connectivity index is 5.11. The van der Waals surface area contributed by atoms with Crippen LogP contribution in [-0.4, -0.2) is 69.4 Å². The van der Waals surface area contributed by atoms with E-state index in [0.29, 0.717) is 17.4 Å². The quantitative estimate of drug-likeness (QED) is 0.0212. The van der Waals surface area contributed by atoms with E-state index in [0.717, 1.165) is 77.0 Å². The van der Waals surface area contributed by atoms with Crippen molar-refractivity contribution >= 4 is 19.7 Å². The number of hydrogen-bond acceptors (Lipinski definition) is 7. The predicted octanol–water partition coefficient (Wildman–Crippen LogP) is 19.0. The second-order valence-corrected chi connectivity index (χ2v) is 24.3. The van der Waals surface area contributed by atoms with E-state index in [1.54, 1.807) is 0 Å². The Labute approximate surface area is 465 Å². The van der Waals surface area contributed by atoms with Crippen molar-refractivity contribution < 1.29 is 37.3 Å². The van der Waals surface area contributed by atoms with E-state index in [1.165, 1.54) is 193 Å². The fourth-order valence-electron chi connectivity index (χ4n) is 9.25. The topological polar surface area (TPSA) is 114 Å². The van der Waals surface area contributed by atoms with Gasteiger partial charge in [-0.25, -0.2) is 0 Å². The first-order valence-electron chi connectivity index (χ1n) is 31.9. The van der Waals surface area contributed by atoms with Crippen molar-refractivity contribution in [1.29, 1.82) is 0 Å². The van der Waals surface area contributed by atoms with Crippen LogP contribution in [-0.2, 0) is 27.9 Å². The molecular weight excluding hydrogens is 952 g/mol. The van der Waals surface area contributed by atoms with E-state index >= 15 is 0 Å². The van der Waals surface area contributed by atoms with Crippen LogP contribution in [0.4, 0.5) is 0 Å². The number of phosphoric ester groups is 1. The van der Waals surface area contributed by atoms with E-state index in [4.69, 9.17) is 13.8 Å². The van der Waals surface area contributed by atoms with Crippen molar-refractivity contribution in [2.24, 2.45) is 0 Å². The molecule has 0 saturated heterocycles. The summed E-state index contributed by atoms with van der Waals surface area (Å²) in [4.78, 5) is 40.0. The lowest BCUT2D eigenvalue weighted by atomic mass is 10.0. The van der Waals surface area contributed by atoms with Crippen molar-refractivity contribution in [3.63, 3.8) is 0 Å². The van der Waals surface area contributed by atoms with Crippen LogP contribution in [0, 0.1) is 0 Å². The maximum Gasteiger partial charge on any atom is 0.306 e. The smallest absolute Gasteiger partial charge is 0.306 e. The summed E-state index contributed by atoms with van der Waals surface area (Å²) in [7, 11) is 1.19. The average molecular weight is 1080 g/mol. The van der Waals surface area contributed by atoms with Gasteiger partial charge in [0.25, 0.3) is 7.82 Å². The summed E-state index contributed by atoms with van der Waals surface area (Å²) < 4.78 is 30.3. The number of unbranched alkanes of at least 4 members (excludes halogenated alkanes) is 36. The number of rotatable bonds is 58. The van der Waals surface area contributed by atoms with Crippen LogP contribution in [0.15, 0.2) is 48.6 Å². The Morgan fingerprint density at radius 2 is 0.813 bits per heavy atom. The molecule has 1 amide bonds. The number of amides is 1. The Morgan fingerprint density at radius 3 is 1.25 bits per heavy atom. The molecule has 0 aromatic rings. The lowest BCUT2D eigenvalue weighted by Gasteiger charge is -2.30. The third-order valence-electron chi connectivity index (χ3n) is 14.2. The second kappa shape index (κ2) is 55.3. The number of allylic oxidation sites excluding steroid dienone is 7. The van der Waals surface area contributed by atoms with Crippen molar-refractivity contribution in [2.75, 3.05) is 40.9 Å². The van der Waals surface area contributed by atoms with E-state index in [9.17, 15) is 19.0 Å². The molecule has 0 radical (unpaired) electrons. The summed E-state index contributed by atoms with van der Waals surface area (Å²) in [5.41, 5.74) is 0. The number of likely N-dealkylation sites (N-methyl/N-ethyl adjacent to an activating group) is 1. The van der Waals surface area contributed by atoms with Crippen LogP contribution < -0.4 is 10.2 Å². The average Bonchev–Trinajstić information content (AvgIpc) is 3.37. The van der Waals surface area contributed by atoms with Crippen LogP contribution in [0.25, 0.3) is 0 Å². The number of nitrogens with zero attached hydrogens (tertiary/aromatic N) is 1. The molecule has 0 fully saturated rings. The molecule has 9 nitrogen and oxygen atoms in total. The van der Waals surface area contributed by atoms with Gasteiger partial charge in [-0.3, -0.25) is 14.2 Å². The summed E-state index contributed by atoms with van der Waals surface area (Å²) in [5.74, 6) is -0.538. The standard InChI is InChI=1S/C65H123N2O7P/c1-7-10-13-16-19-22-25-27-29-30-31-32-33-34-35-36-38-40-43-46-49-52-55-58-65(69)74-63(56-53-50-47-44-41-24-21-18-15-12-9-3)62(61-73-75(70,71)72-60-59-67(4,5)6)66-64(68)57-54-51-48-45-42-39-37-28-26-23-20-17-14-11-8-2/h19,22-23,26-27,29,53,56,62-63H,7-18,20-21,24-25,28,30-52,54-55,57-61H2,1-6H3,(H-,66,68,70,71)/b22-19-,26-23-,29-27-,56-53-. The van der Waals surface area contributed by atoms with Crippen molar-refractivity contribution in [3.05, 3.63) is 48.6 Å². The highest BCUT2D eigenvalue weighted by Gasteiger charge is 2.27. The minimum absolute atomic E-state index is 0.0224. The minimum atomic E-state index is -4.70. The Kier molecular flexibility index (Phi) is 53.8. The van der Waals surface area contributed by atoms with Gasteiger partial charge in [-0.2, -0.15) is 0 Å². The lowest BCUT2D eigenvalue weighted by molar-refractivity contribution is -0.870. The van der Waals surface area contributed by atoms with E-state index in [-0.39, 0.29) is 31.5 Å². The highest BCUT2D eigenvalue weighted by molar-refractivity contribution is 7.45. The van der Waals surface area contributed by atoms with Crippen LogP contribution >= 0.6 is 7.82 Å². The number of phosphoric acid groups is 1. The summed E-state index contributed by atoms with van der Waals surface area (Å²) in [6, 6.07) is -0.889. The molecule has 440 valence electrons. The van der Waals surface area contributed by atoms with Crippen LogP contribution in [0.5, 0.6) is 0 Å². The van der Waals surface area contributed by atoms with Gasteiger partial charge in [-0.1, -0.05) is 250 Å². The molecule has 10 heteroatoms.